The van der Waals surface area contributed by atoms with Crippen LogP contribution in [0, 0.1) is 6.92 Å². The summed E-state index contributed by atoms with van der Waals surface area (Å²) >= 11 is 6.64. The molecule has 1 aliphatic heterocycles. The van der Waals surface area contributed by atoms with Crippen LogP contribution < -0.4 is 4.90 Å². The number of hydrogen-bond acceptors (Lipinski definition) is 1. The maximum absolute atomic E-state index is 6.64. The molecule has 1 heterocycles. The van der Waals surface area contributed by atoms with Crippen LogP contribution >= 0.6 is 11.6 Å². The third kappa shape index (κ3) is 2.55. The number of piperidine rings is 1. The molecule has 2 aromatic rings. The molecule has 0 atom stereocenters. The molecule has 1 aliphatic rings. The fraction of sp³-hybridized carbons (Fsp3) is 0.333. The lowest BCUT2D eigenvalue weighted by atomic mass is 9.99. The van der Waals surface area contributed by atoms with Crippen molar-refractivity contribution < 1.29 is 0 Å². The van der Waals surface area contributed by atoms with Crippen LogP contribution in [-0.4, -0.2) is 13.1 Å². The minimum atomic E-state index is 0.910. The number of rotatable bonds is 2. The lowest BCUT2D eigenvalue weighted by Gasteiger charge is -2.30. The smallest absolute Gasteiger partial charge is 0.0674 e. The summed E-state index contributed by atoms with van der Waals surface area (Å²) in [5.41, 5.74) is 4.85. The first-order chi connectivity index (χ1) is 9.77. The average Bonchev–Trinajstić information content (AvgIpc) is 2.52. The monoisotopic (exact) mass is 285 g/mol. The molecule has 0 radical (unpaired) electrons. The van der Waals surface area contributed by atoms with Gasteiger partial charge in [-0.3, -0.25) is 0 Å². The highest BCUT2D eigenvalue weighted by Gasteiger charge is 2.16. The fourth-order valence-corrected chi connectivity index (χ4v) is 3.26. The summed E-state index contributed by atoms with van der Waals surface area (Å²) in [6.45, 7) is 4.38. The predicted octanol–water partition coefficient (Wildman–Crippen LogP) is 5.31. The highest BCUT2D eigenvalue weighted by atomic mass is 35.5. The summed E-state index contributed by atoms with van der Waals surface area (Å²) in [5.74, 6) is 0. The molecular weight excluding hydrogens is 266 g/mol. The highest BCUT2D eigenvalue weighted by Crippen LogP contribution is 2.36. The summed E-state index contributed by atoms with van der Waals surface area (Å²) in [6.07, 6.45) is 3.89. The summed E-state index contributed by atoms with van der Waals surface area (Å²) in [6, 6.07) is 14.9. The molecule has 2 aromatic carbocycles. The van der Waals surface area contributed by atoms with E-state index < -0.39 is 0 Å². The molecule has 1 fully saturated rings. The molecular formula is C18H20ClN. The molecule has 104 valence electrons. The van der Waals surface area contributed by atoms with Gasteiger partial charge in [-0.1, -0.05) is 48.0 Å². The zero-order valence-electron chi connectivity index (χ0n) is 11.9. The van der Waals surface area contributed by atoms with Gasteiger partial charge in [-0.25, -0.2) is 0 Å². The molecule has 1 saturated heterocycles. The zero-order chi connectivity index (χ0) is 13.9. The Morgan fingerprint density at radius 1 is 0.900 bits per heavy atom. The summed E-state index contributed by atoms with van der Waals surface area (Å²) in [7, 11) is 0. The fourth-order valence-electron chi connectivity index (χ4n) is 2.98. The first kappa shape index (κ1) is 13.5. The minimum absolute atomic E-state index is 0.910. The van der Waals surface area contributed by atoms with Gasteiger partial charge in [0.2, 0.25) is 0 Å². The molecule has 0 N–H and O–H groups in total. The van der Waals surface area contributed by atoms with Gasteiger partial charge < -0.3 is 4.90 Å². The van der Waals surface area contributed by atoms with Crippen LogP contribution in [-0.2, 0) is 0 Å². The normalized spacial score (nSPS) is 15.4. The number of benzene rings is 2. The standard InChI is InChI=1S/C18H20ClN/c1-14-16(15-8-4-2-5-9-15)10-11-17(18(14)19)20-12-6-3-7-13-20/h2,4-5,8-11H,3,6-7,12-13H2,1H3. The maximum Gasteiger partial charge on any atom is 0.0674 e. The van der Waals surface area contributed by atoms with Crippen molar-refractivity contribution in [3.05, 3.63) is 53.1 Å². The van der Waals surface area contributed by atoms with E-state index in [0.29, 0.717) is 0 Å². The topological polar surface area (TPSA) is 3.24 Å². The van der Waals surface area contributed by atoms with Gasteiger partial charge in [0, 0.05) is 13.1 Å². The molecule has 0 unspecified atom stereocenters. The quantitative estimate of drug-likeness (QED) is 0.723. The van der Waals surface area contributed by atoms with Crippen LogP contribution in [0.25, 0.3) is 11.1 Å². The third-order valence-electron chi connectivity index (χ3n) is 4.15. The molecule has 3 rings (SSSR count). The second-order valence-corrected chi connectivity index (χ2v) is 5.86. The van der Waals surface area contributed by atoms with Gasteiger partial charge in [-0.15, -0.1) is 0 Å². The van der Waals surface area contributed by atoms with Gasteiger partial charge in [0.1, 0.15) is 0 Å². The first-order valence-corrected chi connectivity index (χ1v) is 7.74. The van der Waals surface area contributed by atoms with Crippen LogP contribution in [0.5, 0.6) is 0 Å². The van der Waals surface area contributed by atoms with Gasteiger partial charge in [0.25, 0.3) is 0 Å². The zero-order valence-corrected chi connectivity index (χ0v) is 12.7. The Kier molecular flexibility index (Phi) is 3.98. The lowest BCUT2D eigenvalue weighted by Crippen LogP contribution is -2.29. The Morgan fingerprint density at radius 3 is 2.30 bits per heavy atom. The number of hydrogen-bond donors (Lipinski definition) is 0. The molecule has 0 saturated carbocycles. The van der Waals surface area contributed by atoms with E-state index >= 15 is 0 Å². The largest absolute Gasteiger partial charge is 0.370 e. The molecule has 0 bridgehead atoms. The lowest BCUT2D eigenvalue weighted by molar-refractivity contribution is 0.578. The van der Waals surface area contributed by atoms with Crippen molar-refractivity contribution in [3.8, 4) is 11.1 Å². The second kappa shape index (κ2) is 5.88. The van der Waals surface area contributed by atoms with E-state index in [0.717, 1.165) is 18.1 Å². The second-order valence-electron chi connectivity index (χ2n) is 5.48. The molecule has 0 spiro atoms. The Balaban J connectivity index is 1.98. The summed E-state index contributed by atoms with van der Waals surface area (Å²) < 4.78 is 0. The van der Waals surface area contributed by atoms with Crippen molar-refractivity contribution in [2.75, 3.05) is 18.0 Å². The van der Waals surface area contributed by atoms with Crippen LogP contribution in [0.3, 0.4) is 0 Å². The molecule has 0 amide bonds. The Morgan fingerprint density at radius 2 is 1.60 bits per heavy atom. The Bertz CT molecular complexity index is 586. The van der Waals surface area contributed by atoms with E-state index in [9.17, 15) is 0 Å². The highest BCUT2D eigenvalue weighted by molar-refractivity contribution is 6.34. The molecule has 0 aromatic heterocycles. The van der Waals surface area contributed by atoms with Crippen LogP contribution in [0.15, 0.2) is 42.5 Å². The van der Waals surface area contributed by atoms with E-state index in [-0.39, 0.29) is 0 Å². The van der Waals surface area contributed by atoms with E-state index in [4.69, 9.17) is 11.6 Å². The number of nitrogens with zero attached hydrogens (tertiary/aromatic N) is 1. The van der Waals surface area contributed by atoms with Gasteiger partial charge in [0.15, 0.2) is 0 Å². The van der Waals surface area contributed by atoms with Crippen LogP contribution in [0.1, 0.15) is 24.8 Å². The first-order valence-electron chi connectivity index (χ1n) is 7.37. The van der Waals surface area contributed by atoms with E-state index in [1.54, 1.807) is 0 Å². The molecule has 2 heteroatoms. The van der Waals surface area contributed by atoms with Crippen molar-refractivity contribution >= 4 is 17.3 Å². The molecule has 0 aliphatic carbocycles. The van der Waals surface area contributed by atoms with Crippen LogP contribution in [0.2, 0.25) is 5.02 Å². The van der Waals surface area contributed by atoms with Crippen molar-refractivity contribution in [2.45, 2.75) is 26.2 Å². The average molecular weight is 286 g/mol. The SMILES string of the molecule is Cc1c(-c2ccccc2)ccc(N2CCCCC2)c1Cl. The number of anilines is 1. The van der Waals surface area contributed by atoms with Gasteiger partial charge in [-0.2, -0.15) is 0 Å². The van der Waals surface area contributed by atoms with Gasteiger partial charge >= 0.3 is 0 Å². The van der Waals surface area contributed by atoms with E-state index in [1.165, 1.54) is 41.6 Å². The van der Waals surface area contributed by atoms with E-state index in [2.05, 4.69) is 48.2 Å². The Hall–Kier alpha value is -1.47. The maximum atomic E-state index is 6.64. The summed E-state index contributed by atoms with van der Waals surface area (Å²) in [4.78, 5) is 2.42. The van der Waals surface area contributed by atoms with Gasteiger partial charge in [-0.05, 0) is 48.9 Å². The van der Waals surface area contributed by atoms with Crippen molar-refractivity contribution in [2.24, 2.45) is 0 Å². The third-order valence-corrected chi connectivity index (χ3v) is 4.62. The van der Waals surface area contributed by atoms with Crippen molar-refractivity contribution in [1.82, 2.24) is 0 Å². The van der Waals surface area contributed by atoms with Gasteiger partial charge in [0.05, 0.1) is 10.7 Å². The number of halogens is 1. The van der Waals surface area contributed by atoms with Crippen molar-refractivity contribution in [3.63, 3.8) is 0 Å². The predicted molar refractivity (Wildman–Crippen MR) is 87.7 cm³/mol. The molecule has 20 heavy (non-hydrogen) atoms. The summed E-state index contributed by atoms with van der Waals surface area (Å²) in [5, 5.41) is 0.910. The van der Waals surface area contributed by atoms with E-state index in [1.807, 2.05) is 6.07 Å². The molecule has 1 nitrogen and oxygen atoms in total. The van der Waals surface area contributed by atoms with Crippen molar-refractivity contribution in [1.29, 1.82) is 0 Å². The van der Waals surface area contributed by atoms with Crippen LogP contribution in [0.4, 0.5) is 5.69 Å². The Labute approximate surface area is 126 Å². The minimum Gasteiger partial charge on any atom is -0.370 e.